The van der Waals surface area contributed by atoms with Crippen molar-refractivity contribution >= 4 is 0 Å². The Bertz CT molecular complexity index is 401. The van der Waals surface area contributed by atoms with Crippen LogP contribution in [0.15, 0.2) is 86.6 Å². The molecule has 0 spiro atoms. The topological polar surface area (TPSA) is 20.2 Å². The van der Waals surface area contributed by atoms with Crippen LogP contribution in [-0.2, 0) is 0 Å². The van der Waals surface area contributed by atoms with Crippen LogP contribution >= 0.6 is 0 Å². The van der Waals surface area contributed by atoms with Crippen LogP contribution in [0.3, 0.4) is 0 Å². The molecular formula is C20H28O. The summed E-state index contributed by atoms with van der Waals surface area (Å²) in [6, 6.07) is 0. The molecule has 0 heterocycles. The zero-order valence-electron chi connectivity index (χ0n) is 13.1. The summed E-state index contributed by atoms with van der Waals surface area (Å²) < 4.78 is 0. The molecule has 1 nitrogen and oxygen atoms in total. The molecule has 114 valence electrons. The van der Waals surface area contributed by atoms with Crippen molar-refractivity contribution in [2.75, 3.05) is 0 Å². The maximum atomic E-state index is 11.3. The molecule has 21 heavy (non-hydrogen) atoms. The van der Waals surface area contributed by atoms with Gasteiger partial charge in [-0.25, -0.2) is 0 Å². The van der Waals surface area contributed by atoms with Gasteiger partial charge in [-0.05, 0) is 36.8 Å². The van der Waals surface area contributed by atoms with Gasteiger partial charge in [-0.15, -0.1) is 32.9 Å². The van der Waals surface area contributed by atoms with E-state index in [2.05, 4.69) is 32.9 Å². The van der Waals surface area contributed by atoms with Gasteiger partial charge >= 0.3 is 0 Å². The normalized spacial score (nSPS) is 14.9. The van der Waals surface area contributed by atoms with Crippen molar-refractivity contribution in [3.63, 3.8) is 0 Å². The summed E-state index contributed by atoms with van der Waals surface area (Å²) in [6.45, 7) is 18.8. The maximum Gasteiger partial charge on any atom is 0.111 e. The average molecular weight is 284 g/mol. The number of hydrogen-bond donors (Lipinski definition) is 1. The van der Waals surface area contributed by atoms with Gasteiger partial charge in [0.15, 0.2) is 0 Å². The highest BCUT2D eigenvalue weighted by molar-refractivity contribution is 5.36. The first-order valence-electron chi connectivity index (χ1n) is 7.26. The zero-order valence-corrected chi connectivity index (χ0v) is 13.1. The first-order chi connectivity index (χ1) is 10.1. The van der Waals surface area contributed by atoms with Crippen LogP contribution in [0.25, 0.3) is 0 Å². The van der Waals surface area contributed by atoms with E-state index in [1.54, 1.807) is 6.08 Å². The first kappa shape index (κ1) is 19.1. The van der Waals surface area contributed by atoms with E-state index in [4.69, 9.17) is 0 Å². The molecule has 0 aliphatic carbocycles. The average Bonchev–Trinajstić information content (AvgIpc) is 2.47. The van der Waals surface area contributed by atoms with Gasteiger partial charge in [0.05, 0.1) is 0 Å². The Morgan fingerprint density at radius 3 is 1.43 bits per heavy atom. The van der Waals surface area contributed by atoms with Gasteiger partial charge in [0.1, 0.15) is 5.60 Å². The lowest BCUT2D eigenvalue weighted by Gasteiger charge is -2.33. The third-order valence-electron chi connectivity index (χ3n) is 3.29. The second-order valence-electron chi connectivity index (χ2n) is 4.85. The molecule has 0 unspecified atom stereocenters. The lowest BCUT2D eigenvalue weighted by atomic mass is 9.79. The summed E-state index contributed by atoms with van der Waals surface area (Å²) >= 11 is 0. The fraction of sp³-hybridized carbons (Fsp3) is 0.300. The summed E-state index contributed by atoms with van der Waals surface area (Å²) in [5, 5.41) is 11.3. The lowest BCUT2D eigenvalue weighted by molar-refractivity contribution is 0.115. The third-order valence-corrected chi connectivity index (χ3v) is 3.29. The second kappa shape index (κ2) is 10.9. The standard InChI is InChI=1S/C20H28O/c1-6-11-15-18(13-8-3)20(21,17-10-5)19(14-9-4)16-12-7-2/h6-10,15-16,21H,1-5,11-14,17H2/b18-15+,19-16+. The Morgan fingerprint density at radius 2 is 1.14 bits per heavy atom. The van der Waals surface area contributed by atoms with Crippen molar-refractivity contribution in [3.8, 4) is 0 Å². The Hall–Kier alpha value is -1.86. The van der Waals surface area contributed by atoms with Crippen molar-refractivity contribution in [1.82, 2.24) is 0 Å². The smallest absolute Gasteiger partial charge is 0.111 e. The summed E-state index contributed by atoms with van der Waals surface area (Å²) in [5.74, 6) is 0. The fourth-order valence-corrected chi connectivity index (χ4v) is 2.28. The Kier molecular flexibility index (Phi) is 9.91. The van der Waals surface area contributed by atoms with E-state index in [1.165, 1.54) is 0 Å². The van der Waals surface area contributed by atoms with Crippen LogP contribution in [0.1, 0.15) is 32.1 Å². The molecule has 1 heteroatoms. The van der Waals surface area contributed by atoms with E-state index >= 15 is 0 Å². The Morgan fingerprint density at radius 1 is 0.714 bits per heavy atom. The van der Waals surface area contributed by atoms with Crippen molar-refractivity contribution in [1.29, 1.82) is 0 Å². The number of rotatable bonds is 12. The van der Waals surface area contributed by atoms with Crippen molar-refractivity contribution in [2.24, 2.45) is 0 Å². The van der Waals surface area contributed by atoms with Crippen molar-refractivity contribution in [2.45, 2.75) is 37.7 Å². The summed E-state index contributed by atoms with van der Waals surface area (Å²) in [7, 11) is 0. The van der Waals surface area contributed by atoms with Crippen LogP contribution in [-0.4, -0.2) is 10.7 Å². The number of allylic oxidation sites excluding steroid dienone is 6. The van der Waals surface area contributed by atoms with Gasteiger partial charge in [0.25, 0.3) is 0 Å². The van der Waals surface area contributed by atoms with Gasteiger partial charge in [0, 0.05) is 6.42 Å². The molecule has 0 aliphatic rings. The highest BCUT2D eigenvalue weighted by atomic mass is 16.3. The minimum absolute atomic E-state index is 0.459. The summed E-state index contributed by atoms with van der Waals surface area (Å²) in [5.41, 5.74) is 0.805. The molecule has 1 N–H and O–H groups in total. The molecule has 0 fully saturated rings. The summed E-state index contributed by atoms with van der Waals surface area (Å²) in [6.07, 6.45) is 16.2. The van der Waals surface area contributed by atoms with E-state index in [-0.39, 0.29) is 0 Å². The maximum absolute atomic E-state index is 11.3. The number of aliphatic hydroxyl groups is 1. The largest absolute Gasteiger partial charge is 0.381 e. The van der Waals surface area contributed by atoms with Crippen LogP contribution in [0.2, 0.25) is 0 Å². The van der Waals surface area contributed by atoms with E-state index in [1.807, 2.05) is 36.5 Å². The molecule has 0 aromatic carbocycles. The second-order valence-corrected chi connectivity index (χ2v) is 4.85. The third kappa shape index (κ3) is 5.97. The number of hydrogen-bond acceptors (Lipinski definition) is 1. The first-order valence-corrected chi connectivity index (χ1v) is 7.26. The van der Waals surface area contributed by atoms with Gasteiger partial charge in [-0.3, -0.25) is 0 Å². The van der Waals surface area contributed by atoms with Crippen LogP contribution in [0.4, 0.5) is 0 Å². The van der Waals surface area contributed by atoms with Crippen molar-refractivity contribution in [3.05, 3.63) is 86.6 Å². The zero-order chi connectivity index (χ0) is 16.1. The SMILES string of the molecule is C=CC/C=C(\CC=C)C(O)(CC=C)/C(=C/CC=C)CC=C. The Labute approximate surface area is 130 Å². The molecule has 0 saturated carbocycles. The molecule has 0 atom stereocenters. The van der Waals surface area contributed by atoms with Gasteiger partial charge in [-0.2, -0.15) is 0 Å². The molecular weight excluding hydrogens is 256 g/mol. The molecule has 0 saturated heterocycles. The van der Waals surface area contributed by atoms with Crippen LogP contribution < -0.4 is 0 Å². The molecule has 0 aromatic heterocycles. The van der Waals surface area contributed by atoms with Gasteiger partial charge in [0.2, 0.25) is 0 Å². The van der Waals surface area contributed by atoms with E-state index < -0.39 is 5.60 Å². The van der Waals surface area contributed by atoms with Crippen LogP contribution in [0.5, 0.6) is 0 Å². The molecule has 0 amide bonds. The van der Waals surface area contributed by atoms with E-state index in [0.717, 1.165) is 11.1 Å². The molecule has 0 radical (unpaired) electrons. The minimum Gasteiger partial charge on any atom is -0.381 e. The highest BCUT2D eigenvalue weighted by Gasteiger charge is 2.32. The van der Waals surface area contributed by atoms with E-state index in [9.17, 15) is 5.11 Å². The fourth-order valence-electron chi connectivity index (χ4n) is 2.28. The molecule has 0 rings (SSSR count). The quantitative estimate of drug-likeness (QED) is 0.472. The van der Waals surface area contributed by atoms with Crippen molar-refractivity contribution < 1.29 is 5.11 Å². The predicted octanol–water partition coefficient (Wildman–Crippen LogP) is 5.45. The van der Waals surface area contributed by atoms with Gasteiger partial charge < -0.3 is 5.11 Å². The van der Waals surface area contributed by atoms with E-state index in [0.29, 0.717) is 32.1 Å². The monoisotopic (exact) mass is 284 g/mol. The predicted molar refractivity (Wildman–Crippen MR) is 95.2 cm³/mol. The molecule has 0 aliphatic heterocycles. The summed E-state index contributed by atoms with van der Waals surface area (Å²) in [4.78, 5) is 0. The Balaban J connectivity index is 5.83. The van der Waals surface area contributed by atoms with Gasteiger partial charge in [-0.1, -0.05) is 42.5 Å². The minimum atomic E-state index is -1.05. The lowest BCUT2D eigenvalue weighted by Crippen LogP contribution is -2.33. The molecule has 0 aromatic rings. The highest BCUT2D eigenvalue weighted by Crippen LogP contribution is 2.35. The van der Waals surface area contributed by atoms with Crippen LogP contribution in [0, 0.1) is 0 Å². The molecule has 0 bridgehead atoms.